The predicted molar refractivity (Wildman–Crippen MR) is 97.9 cm³/mol. The number of carbonyl (C=O) groups excluding carboxylic acids is 4. The minimum atomic E-state index is -1.25. The van der Waals surface area contributed by atoms with Crippen molar-refractivity contribution in [1.29, 1.82) is 0 Å². The van der Waals surface area contributed by atoms with Gasteiger partial charge in [-0.1, -0.05) is 0 Å². The largest absolute Gasteiger partial charge is 1.00 e. The van der Waals surface area contributed by atoms with E-state index >= 15 is 0 Å². The van der Waals surface area contributed by atoms with E-state index in [2.05, 4.69) is 23.7 Å². The van der Waals surface area contributed by atoms with Crippen molar-refractivity contribution >= 4 is 23.9 Å². The maximum absolute atomic E-state index is 11.1. The molecular formula is C18H31KO12. The summed E-state index contributed by atoms with van der Waals surface area (Å²) in [6.45, 7) is 6.17. The molecule has 0 aromatic carbocycles. The molecule has 4 atom stereocenters. The summed E-state index contributed by atoms with van der Waals surface area (Å²) in [5.74, 6) is -2.48. The molecule has 4 unspecified atom stereocenters. The van der Waals surface area contributed by atoms with Crippen molar-refractivity contribution in [1.82, 2.24) is 0 Å². The van der Waals surface area contributed by atoms with E-state index in [4.69, 9.17) is 9.84 Å². The van der Waals surface area contributed by atoms with Crippen molar-refractivity contribution in [3.8, 4) is 0 Å². The summed E-state index contributed by atoms with van der Waals surface area (Å²) in [5, 5.41) is 18.2. The number of hydrogen-bond donors (Lipinski definition) is 1. The molecule has 176 valence electrons. The SMILES string of the molecule is CC1OC(=O)C(C)OC1=O.COCCOC(=O)C(C)OC(=O)C(C)O.COCC[O-].[K+]. The van der Waals surface area contributed by atoms with Crippen LogP contribution in [0.1, 0.15) is 27.7 Å². The molecule has 1 heterocycles. The first-order chi connectivity index (χ1) is 14.0. The maximum atomic E-state index is 11.1. The Bertz CT molecular complexity index is 504. The van der Waals surface area contributed by atoms with E-state index in [0.29, 0.717) is 6.61 Å². The Morgan fingerprint density at radius 3 is 1.74 bits per heavy atom. The monoisotopic (exact) mass is 478 g/mol. The van der Waals surface area contributed by atoms with Gasteiger partial charge in [-0.15, -0.1) is 6.61 Å². The Morgan fingerprint density at radius 1 is 0.968 bits per heavy atom. The van der Waals surface area contributed by atoms with E-state index in [-0.39, 0.29) is 71.2 Å². The molecular weight excluding hydrogens is 447 g/mol. The number of carbonyl (C=O) groups is 4. The van der Waals surface area contributed by atoms with Gasteiger partial charge in [0.05, 0.1) is 6.61 Å². The van der Waals surface area contributed by atoms with Crippen LogP contribution in [0.2, 0.25) is 0 Å². The molecule has 1 aliphatic rings. The van der Waals surface area contributed by atoms with Gasteiger partial charge in [0.25, 0.3) is 0 Å². The van der Waals surface area contributed by atoms with E-state index in [1.807, 2.05) is 0 Å². The molecule has 0 aromatic rings. The van der Waals surface area contributed by atoms with Crippen LogP contribution in [-0.4, -0.2) is 94.0 Å². The molecule has 13 heteroatoms. The zero-order valence-electron chi connectivity index (χ0n) is 19.1. The quantitative estimate of drug-likeness (QED) is 0.154. The smallest absolute Gasteiger partial charge is 0.853 e. The molecule has 0 aliphatic carbocycles. The minimum Gasteiger partial charge on any atom is -0.853 e. The van der Waals surface area contributed by atoms with Crippen LogP contribution in [0.4, 0.5) is 0 Å². The van der Waals surface area contributed by atoms with Crippen LogP contribution in [0.5, 0.6) is 0 Å². The number of hydrogen-bond acceptors (Lipinski definition) is 12. The molecule has 31 heavy (non-hydrogen) atoms. The summed E-state index contributed by atoms with van der Waals surface area (Å²) in [4.78, 5) is 43.3. The molecule has 1 N–H and O–H groups in total. The number of rotatable bonds is 8. The normalized spacial score (nSPS) is 18.8. The summed E-state index contributed by atoms with van der Waals surface area (Å²) < 4.78 is 27.5. The molecule has 0 amide bonds. The summed E-state index contributed by atoms with van der Waals surface area (Å²) in [7, 11) is 2.99. The fourth-order valence-electron chi connectivity index (χ4n) is 1.38. The summed E-state index contributed by atoms with van der Waals surface area (Å²) in [6.07, 6.45) is -3.77. The number of cyclic esters (lactones) is 2. The van der Waals surface area contributed by atoms with Gasteiger partial charge in [-0.2, -0.15) is 0 Å². The van der Waals surface area contributed by atoms with Crippen LogP contribution in [0.3, 0.4) is 0 Å². The van der Waals surface area contributed by atoms with Crippen LogP contribution in [0, 0.1) is 0 Å². The van der Waals surface area contributed by atoms with Crippen molar-refractivity contribution in [3.63, 3.8) is 0 Å². The summed E-state index contributed by atoms with van der Waals surface area (Å²) in [6, 6.07) is 0. The molecule has 0 saturated carbocycles. The molecule has 12 nitrogen and oxygen atoms in total. The van der Waals surface area contributed by atoms with Crippen molar-refractivity contribution in [3.05, 3.63) is 0 Å². The second-order valence-electron chi connectivity index (χ2n) is 5.77. The summed E-state index contributed by atoms with van der Waals surface area (Å²) >= 11 is 0. The van der Waals surface area contributed by atoms with Crippen molar-refractivity contribution in [2.24, 2.45) is 0 Å². The van der Waals surface area contributed by atoms with Crippen LogP contribution in [-0.2, 0) is 47.6 Å². The van der Waals surface area contributed by atoms with E-state index < -0.39 is 48.3 Å². The molecule has 0 bridgehead atoms. The van der Waals surface area contributed by atoms with Crippen molar-refractivity contribution in [2.75, 3.05) is 40.6 Å². The Labute approximate surface area is 224 Å². The average Bonchev–Trinajstić information content (AvgIpc) is 2.68. The third kappa shape index (κ3) is 18.6. The third-order valence-electron chi connectivity index (χ3n) is 3.03. The number of methoxy groups -OCH3 is 2. The Kier molecular flexibility index (Phi) is 23.9. The van der Waals surface area contributed by atoms with Gasteiger partial charge in [-0.3, -0.25) is 0 Å². The van der Waals surface area contributed by atoms with Crippen LogP contribution in [0.15, 0.2) is 0 Å². The van der Waals surface area contributed by atoms with Gasteiger partial charge < -0.3 is 38.6 Å². The summed E-state index contributed by atoms with van der Waals surface area (Å²) in [5.41, 5.74) is 0. The molecule has 1 fully saturated rings. The fraction of sp³-hybridized carbons (Fsp3) is 0.778. The third-order valence-corrected chi connectivity index (χ3v) is 3.03. The minimum absolute atomic E-state index is 0. The average molecular weight is 479 g/mol. The Hall–Kier alpha value is -0.644. The van der Waals surface area contributed by atoms with Gasteiger partial charge in [0, 0.05) is 20.8 Å². The van der Waals surface area contributed by atoms with E-state index in [9.17, 15) is 24.3 Å². The van der Waals surface area contributed by atoms with Gasteiger partial charge in [0.15, 0.2) is 18.3 Å². The van der Waals surface area contributed by atoms with Crippen LogP contribution in [0.25, 0.3) is 0 Å². The first kappa shape index (κ1) is 35.0. The molecule has 0 radical (unpaired) electrons. The van der Waals surface area contributed by atoms with E-state index in [1.165, 1.54) is 41.9 Å². The standard InChI is InChI=1S/C9H16O6.C6H8O4.C3H7O2.K/c1-6(10)8(11)15-7(2)9(12)14-5-4-13-3;1-3-5(7)10-4(2)6(8)9-3;1-5-3-2-4;/h6-7,10H,4-5H2,1-3H3;3-4H,1-2H3;2-3H2,1H3;/q;;-1;+1. The molecule has 1 rings (SSSR count). The fourth-order valence-corrected chi connectivity index (χ4v) is 1.38. The zero-order valence-corrected chi connectivity index (χ0v) is 22.2. The van der Waals surface area contributed by atoms with Gasteiger partial charge in [0.2, 0.25) is 0 Å². The van der Waals surface area contributed by atoms with E-state index in [1.54, 1.807) is 0 Å². The second-order valence-corrected chi connectivity index (χ2v) is 5.77. The van der Waals surface area contributed by atoms with Gasteiger partial charge in [-0.05, 0) is 27.7 Å². The molecule has 0 aromatic heterocycles. The first-order valence-electron chi connectivity index (χ1n) is 9.03. The topological polar surface area (TPSA) is 167 Å². The van der Waals surface area contributed by atoms with Crippen molar-refractivity contribution in [2.45, 2.75) is 52.1 Å². The Balaban J connectivity index is -0.000000421. The second kappa shape index (κ2) is 21.2. The van der Waals surface area contributed by atoms with Crippen LogP contribution < -0.4 is 56.5 Å². The first-order valence-corrected chi connectivity index (χ1v) is 9.03. The number of aliphatic hydroxyl groups excluding tert-OH is 1. The number of esters is 4. The number of aliphatic hydroxyl groups is 1. The van der Waals surface area contributed by atoms with Gasteiger partial charge in [-0.25, -0.2) is 19.2 Å². The van der Waals surface area contributed by atoms with Gasteiger partial charge >= 0.3 is 75.3 Å². The molecule has 1 saturated heterocycles. The van der Waals surface area contributed by atoms with Crippen LogP contribution >= 0.6 is 0 Å². The van der Waals surface area contributed by atoms with E-state index in [0.717, 1.165) is 0 Å². The predicted octanol–water partition coefficient (Wildman–Crippen LogP) is -4.65. The molecule has 0 spiro atoms. The van der Waals surface area contributed by atoms with Gasteiger partial charge in [0.1, 0.15) is 12.7 Å². The Morgan fingerprint density at radius 2 is 1.42 bits per heavy atom. The maximum Gasteiger partial charge on any atom is 1.00 e. The molecule has 1 aliphatic heterocycles. The zero-order chi connectivity index (χ0) is 23.7. The van der Waals surface area contributed by atoms with Crippen molar-refractivity contribution < 1.29 is 109 Å². The number of ether oxygens (including phenoxy) is 6.